The average molecular weight is 265 g/mol. The molecule has 19 heavy (non-hydrogen) atoms. The van der Waals surface area contributed by atoms with Crippen LogP contribution in [0.2, 0.25) is 0 Å². The number of carbonyl (C=O) groups is 2. The molecule has 104 valence electrons. The Labute approximate surface area is 112 Å². The second-order valence-corrected chi connectivity index (χ2v) is 3.93. The van der Waals surface area contributed by atoms with E-state index in [0.29, 0.717) is 18.6 Å². The molecule has 0 radical (unpaired) electrons. The van der Waals surface area contributed by atoms with Gasteiger partial charge in [0.25, 0.3) is 0 Å². The van der Waals surface area contributed by atoms with Gasteiger partial charge in [-0.2, -0.15) is 0 Å². The lowest BCUT2D eigenvalue weighted by atomic mass is 10.1. The van der Waals surface area contributed by atoms with Gasteiger partial charge in [0.15, 0.2) is 0 Å². The zero-order valence-corrected chi connectivity index (χ0v) is 11.4. The van der Waals surface area contributed by atoms with Crippen molar-refractivity contribution in [3.63, 3.8) is 0 Å². The highest BCUT2D eigenvalue weighted by Crippen LogP contribution is 2.13. The van der Waals surface area contributed by atoms with E-state index in [1.54, 1.807) is 31.2 Å². The molecule has 0 bridgehead atoms. The Morgan fingerprint density at radius 3 is 2.32 bits per heavy atom. The first-order valence-electron chi connectivity index (χ1n) is 6.23. The van der Waals surface area contributed by atoms with Crippen LogP contribution in [-0.2, 0) is 14.3 Å². The highest BCUT2D eigenvalue weighted by Gasteiger charge is 2.16. The summed E-state index contributed by atoms with van der Waals surface area (Å²) in [5, 5.41) is 3.05. The fourth-order valence-electron chi connectivity index (χ4n) is 1.59. The van der Waals surface area contributed by atoms with Gasteiger partial charge in [0.05, 0.1) is 19.3 Å². The smallest absolute Gasteiger partial charge is 0.338 e. The SMILES string of the molecule is CCOC(=O)c1ccc(NC(CC)C(=O)OC)cc1. The van der Waals surface area contributed by atoms with Gasteiger partial charge < -0.3 is 14.8 Å². The van der Waals surface area contributed by atoms with Crippen LogP contribution in [0.1, 0.15) is 30.6 Å². The number of anilines is 1. The molecular formula is C14H19NO4. The summed E-state index contributed by atoms with van der Waals surface area (Å²) in [6, 6.07) is 6.39. The summed E-state index contributed by atoms with van der Waals surface area (Å²) in [4.78, 5) is 22.9. The van der Waals surface area contributed by atoms with Gasteiger partial charge in [-0.1, -0.05) is 6.92 Å². The number of benzene rings is 1. The van der Waals surface area contributed by atoms with Gasteiger partial charge in [-0.25, -0.2) is 9.59 Å². The van der Waals surface area contributed by atoms with Crippen molar-refractivity contribution < 1.29 is 19.1 Å². The van der Waals surface area contributed by atoms with Crippen LogP contribution < -0.4 is 5.32 Å². The minimum absolute atomic E-state index is 0.308. The summed E-state index contributed by atoms with van der Waals surface area (Å²) in [5.74, 6) is -0.661. The molecule has 1 rings (SSSR count). The lowest BCUT2D eigenvalue weighted by Gasteiger charge is -2.15. The maximum Gasteiger partial charge on any atom is 0.338 e. The Hall–Kier alpha value is -2.04. The molecule has 1 unspecified atom stereocenters. The Morgan fingerprint density at radius 1 is 1.21 bits per heavy atom. The lowest BCUT2D eigenvalue weighted by Crippen LogP contribution is -2.29. The van der Waals surface area contributed by atoms with Crippen molar-refractivity contribution in [3.05, 3.63) is 29.8 Å². The number of rotatable bonds is 6. The molecule has 0 heterocycles. The molecule has 0 aliphatic carbocycles. The van der Waals surface area contributed by atoms with Gasteiger partial charge in [-0.3, -0.25) is 0 Å². The first-order chi connectivity index (χ1) is 9.12. The van der Waals surface area contributed by atoms with Crippen LogP contribution in [0.3, 0.4) is 0 Å². The van der Waals surface area contributed by atoms with Gasteiger partial charge in [0.1, 0.15) is 6.04 Å². The molecular weight excluding hydrogens is 246 g/mol. The predicted octanol–water partition coefficient (Wildman–Crippen LogP) is 2.23. The van der Waals surface area contributed by atoms with Crippen LogP contribution in [0.5, 0.6) is 0 Å². The largest absolute Gasteiger partial charge is 0.467 e. The maximum absolute atomic E-state index is 11.5. The summed E-state index contributed by atoms with van der Waals surface area (Å²) in [7, 11) is 1.36. The molecule has 5 heteroatoms. The van der Waals surface area contributed by atoms with Crippen LogP contribution in [0.4, 0.5) is 5.69 Å². The van der Waals surface area contributed by atoms with E-state index in [4.69, 9.17) is 9.47 Å². The summed E-state index contributed by atoms with van der Waals surface area (Å²) in [6.45, 7) is 4.00. The fraction of sp³-hybridized carbons (Fsp3) is 0.429. The van der Waals surface area contributed by atoms with E-state index in [9.17, 15) is 9.59 Å². The Balaban J connectivity index is 2.71. The number of carbonyl (C=O) groups excluding carboxylic acids is 2. The summed E-state index contributed by atoms with van der Waals surface area (Å²) in [5.41, 5.74) is 1.24. The van der Waals surface area contributed by atoms with Crippen molar-refractivity contribution in [2.75, 3.05) is 19.0 Å². The van der Waals surface area contributed by atoms with Gasteiger partial charge >= 0.3 is 11.9 Å². The van der Waals surface area contributed by atoms with Crippen LogP contribution in [0.25, 0.3) is 0 Å². The van der Waals surface area contributed by atoms with Crippen molar-refractivity contribution >= 4 is 17.6 Å². The van der Waals surface area contributed by atoms with Crippen LogP contribution >= 0.6 is 0 Å². The van der Waals surface area contributed by atoms with Crippen molar-refractivity contribution in [2.24, 2.45) is 0 Å². The van der Waals surface area contributed by atoms with E-state index < -0.39 is 6.04 Å². The third kappa shape index (κ3) is 4.28. The molecule has 0 aliphatic heterocycles. The summed E-state index contributed by atoms with van der Waals surface area (Å²) >= 11 is 0. The first-order valence-corrected chi connectivity index (χ1v) is 6.23. The molecule has 5 nitrogen and oxygen atoms in total. The summed E-state index contributed by atoms with van der Waals surface area (Å²) < 4.78 is 9.59. The molecule has 0 saturated heterocycles. The number of ether oxygens (including phenoxy) is 2. The van der Waals surface area contributed by atoms with E-state index in [1.165, 1.54) is 7.11 Å². The Bertz CT molecular complexity index is 428. The lowest BCUT2D eigenvalue weighted by molar-refractivity contribution is -0.141. The average Bonchev–Trinajstić information content (AvgIpc) is 2.44. The van der Waals surface area contributed by atoms with Crippen LogP contribution in [0.15, 0.2) is 24.3 Å². The molecule has 0 saturated carbocycles. The highest BCUT2D eigenvalue weighted by atomic mass is 16.5. The Kier molecular flexibility index (Phi) is 5.85. The predicted molar refractivity (Wildman–Crippen MR) is 72.1 cm³/mol. The molecule has 1 aromatic rings. The molecule has 0 fully saturated rings. The monoisotopic (exact) mass is 265 g/mol. The number of methoxy groups -OCH3 is 1. The zero-order valence-electron chi connectivity index (χ0n) is 11.4. The van der Waals surface area contributed by atoms with Crippen LogP contribution in [0, 0.1) is 0 Å². The molecule has 1 aromatic carbocycles. The second kappa shape index (κ2) is 7.41. The quantitative estimate of drug-likeness (QED) is 0.799. The third-order valence-corrected chi connectivity index (χ3v) is 2.63. The van der Waals surface area contributed by atoms with E-state index in [1.807, 2.05) is 6.92 Å². The van der Waals surface area contributed by atoms with Gasteiger partial charge in [-0.05, 0) is 37.6 Å². The van der Waals surface area contributed by atoms with Crippen LogP contribution in [-0.4, -0.2) is 31.7 Å². The van der Waals surface area contributed by atoms with Crippen molar-refractivity contribution in [2.45, 2.75) is 26.3 Å². The minimum atomic E-state index is -0.390. The second-order valence-electron chi connectivity index (χ2n) is 3.93. The molecule has 1 N–H and O–H groups in total. The number of hydrogen-bond donors (Lipinski definition) is 1. The van der Waals surface area contributed by atoms with E-state index in [-0.39, 0.29) is 11.9 Å². The van der Waals surface area contributed by atoms with Gasteiger partial charge in [-0.15, -0.1) is 0 Å². The first kappa shape index (κ1) is 15.0. The highest BCUT2D eigenvalue weighted by molar-refractivity contribution is 5.90. The topological polar surface area (TPSA) is 64.6 Å². The van der Waals surface area contributed by atoms with Crippen molar-refractivity contribution in [3.8, 4) is 0 Å². The fourth-order valence-corrected chi connectivity index (χ4v) is 1.59. The van der Waals surface area contributed by atoms with Gasteiger partial charge in [0, 0.05) is 5.69 Å². The van der Waals surface area contributed by atoms with E-state index in [2.05, 4.69) is 5.32 Å². The van der Waals surface area contributed by atoms with Gasteiger partial charge in [0.2, 0.25) is 0 Å². The van der Waals surface area contributed by atoms with Crippen molar-refractivity contribution in [1.82, 2.24) is 0 Å². The minimum Gasteiger partial charge on any atom is -0.467 e. The molecule has 0 amide bonds. The molecule has 1 atom stereocenters. The van der Waals surface area contributed by atoms with E-state index >= 15 is 0 Å². The van der Waals surface area contributed by atoms with E-state index in [0.717, 1.165) is 5.69 Å². The summed E-state index contributed by atoms with van der Waals surface area (Å²) in [6.07, 6.45) is 0.617. The Morgan fingerprint density at radius 2 is 1.84 bits per heavy atom. The number of hydrogen-bond acceptors (Lipinski definition) is 5. The third-order valence-electron chi connectivity index (χ3n) is 2.63. The number of esters is 2. The maximum atomic E-state index is 11.5. The zero-order chi connectivity index (χ0) is 14.3. The number of nitrogens with one attached hydrogen (secondary N) is 1. The molecule has 0 spiro atoms. The standard InChI is InChI=1S/C14H19NO4/c1-4-12(14(17)18-3)15-11-8-6-10(7-9-11)13(16)19-5-2/h6-9,12,15H,4-5H2,1-3H3. The molecule has 0 aliphatic rings. The normalized spacial score (nSPS) is 11.5. The molecule has 0 aromatic heterocycles. The van der Waals surface area contributed by atoms with Crippen molar-refractivity contribution in [1.29, 1.82) is 0 Å².